The molecule has 0 saturated heterocycles. The lowest BCUT2D eigenvalue weighted by Gasteiger charge is -2.28. The molecule has 2 nitrogen and oxygen atoms in total. The highest BCUT2D eigenvalue weighted by molar-refractivity contribution is 7.80. The molecule has 2 heterocycles. The number of benzene rings is 6. The van der Waals surface area contributed by atoms with E-state index in [-0.39, 0.29) is 5.54 Å². The number of thiophene rings is 1. The van der Waals surface area contributed by atoms with Crippen molar-refractivity contribution in [1.82, 2.24) is 4.57 Å². The van der Waals surface area contributed by atoms with E-state index >= 15 is 0 Å². The Kier molecular flexibility index (Phi) is 7.24. The molecule has 47 heavy (non-hydrogen) atoms. The first kappa shape index (κ1) is 29.6. The zero-order chi connectivity index (χ0) is 32.3. The first-order valence-electron chi connectivity index (χ1n) is 16.1. The van der Waals surface area contributed by atoms with Gasteiger partial charge in [-0.25, -0.2) is 0 Å². The number of anilines is 3. The van der Waals surface area contributed by atoms with Crippen LogP contribution in [0, 0.1) is 0 Å². The van der Waals surface area contributed by atoms with Crippen molar-refractivity contribution in [2.24, 2.45) is 0 Å². The molecule has 0 fully saturated rings. The molecule has 8 aromatic rings. The van der Waals surface area contributed by atoms with E-state index in [1.54, 1.807) is 0 Å². The van der Waals surface area contributed by atoms with E-state index in [4.69, 9.17) is 12.6 Å². The third-order valence-corrected chi connectivity index (χ3v) is 10.8. The Bertz CT molecular complexity index is 2470. The maximum atomic E-state index is 5.14. The van der Waals surface area contributed by atoms with Crippen molar-refractivity contribution >= 4 is 83.0 Å². The number of thiol groups is 1. The van der Waals surface area contributed by atoms with Crippen LogP contribution in [0.2, 0.25) is 0 Å². The largest absolute Gasteiger partial charge is 0.335 e. The molecule has 4 heteroatoms. The Labute approximate surface area is 285 Å². The van der Waals surface area contributed by atoms with E-state index in [9.17, 15) is 0 Å². The molecule has 8 rings (SSSR count). The Morgan fingerprint density at radius 1 is 0.681 bits per heavy atom. The lowest BCUT2D eigenvalue weighted by atomic mass is 10.0. The number of hydrogen-bond donors (Lipinski definition) is 1. The molecule has 0 N–H and O–H groups in total. The molecule has 230 valence electrons. The second-order valence-corrected chi connectivity index (χ2v) is 14.7. The van der Waals surface area contributed by atoms with Gasteiger partial charge in [-0.1, -0.05) is 84.9 Å². The standard InChI is InChI=1S/C43H36N2S2/c1-5-13-28-14-11-21-38(41(28)46)44(39-22-12-19-34-33-18-7-9-23-40(33)47-42(34)39)31-16-10-15-29(26-31)30-24-25-37-35(27-30)32-17-6-8-20-36(32)45(37)43(2,3)4/h5-12,14-27,46H,1,13H2,2-4H3. The van der Waals surface area contributed by atoms with Gasteiger partial charge in [0.1, 0.15) is 0 Å². The summed E-state index contributed by atoms with van der Waals surface area (Å²) in [6, 6.07) is 46.5. The number of rotatable bonds is 6. The van der Waals surface area contributed by atoms with E-state index in [1.807, 2.05) is 17.4 Å². The maximum absolute atomic E-state index is 5.14. The van der Waals surface area contributed by atoms with Crippen LogP contribution in [0.25, 0.3) is 53.1 Å². The van der Waals surface area contributed by atoms with Crippen molar-refractivity contribution in [3.05, 3.63) is 146 Å². The van der Waals surface area contributed by atoms with Crippen LogP contribution in [0.15, 0.2) is 145 Å². The maximum Gasteiger partial charge on any atom is 0.0640 e. The molecule has 0 atom stereocenters. The monoisotopic (exact) mass is 644 g/mol. The van der Waals surface area contributed by atoms with Crippen molar-refractivity contribution in [1.29, 1.82) is 0 Å². The normalized spacial score (nSPS) is 12.0. The molecule has 0 unspecified atom stereocenters. The number of fused-ring (bicyclic) bond motifs is 6. The van der Waals surface area contributed by atoms with Crippen LogP contribution in [0.4, 0.5) is 17.1 Å². The van der Waals surface area contributed by atoms with Gasteiger partial charge in [-0.3, -0.25) is 0 Å². The second-order valence-electron chi connectivity index (χ2n) is 13.2. The third-order valence-electron chi connectivity index (χ3n) is 9.11. The highest BCUT2D eigenvalue weighted by Crippen LogP contribution is 2.47. The van der Waals surface area contributed by atoms with Gasteiger partial charge in [0.25, 0.3) is 0 Å². The van der Waals surface area contributed by atoms with Gasteiger partial charge in [0.2, 0.25) is 0 Å². The summed E-state index contributed by atoms with van der Waals surface area (Å²) in [5, 5.41) is 5.12. The van der Waals surface area contributed by atoms with Crippen molar-refractivity contribution in [2.75, 3.05) is 4.90 Å². The van der Waals surface area contributed by atoms with Gasteiger partial charge in [0.15, 0.2) is 0 Å². The summed E-state index contributed by atoms with van der Waals surface area (Å²) >= 11 is 6.99. The first-order chi connectivity index (χ1) is 22.8. The van der Waals surface area contributed by atoms with E-state index in [0.717, 1.165) is 33.9 Å². The van der Waals surface area contributed by atoms with Gasteiger partial charge in [0.05, 0.1) is 16.1 Å². The van der Waals surface area contributed by atoms with Gasteiger partial charge in [0, 0.05) is 53.4 Å². The zero-order valence-electron chi connectivity index (χ0n) is 26.9. The molecule has 0 aliphatic carbocycles. The smallest absolute Gasteiger partial charge is 0.0640 e. The van der Waals surface area contributed by atoms with Gasteiger partial charge in [-0.05, 0) is 92.4 Å². The van der Waals surface area contributed by atoms with Crippen LogP contribution >= 0.6 is 24.0 Å². The molecule has 0 radical (unpaired) electrons. The van der Waals surface area contributed by atoms with E-state index < -0.39 is 0 Å². The molecule has 0 aliphatic heterocycles. The minimum Gasteiger partial charge on any atom is -0.335 e. The van der Waals surface area contributed by atoms with Crippen LogP contribution in [0.1, 0.15) is 26.3 Å². The molecule has 0 spiro atoms. The SMILES string of the molecule is C=CCc1cccc(N(c2cccc(-c3ccc4c(c3)c3ccccc3n4C(C)(C)C)c2)c2cccc3c2sc2ccccc23)c1S. The summed E-state index contributed by atoms with van der Waals surface area (Å²) in [7, 11) is 0. The highest BCUT2D eigenvalue weighted by atomic mass is 32.1. The lowest BCUT2D eigenvalue weighted by Crippen LogP contribution is -2.21. The van der Waals surface area contributed by atoms with E-state index in [1.165, 1.54) is 53.1 Å². The number of nitrogens with zero attached hydrogens (tertiary/aromatic N) is 2. The van der Waals surface area contributed by atoms with Gasteiger partial charge in [-0.2, -0.15) is 0 Å². The summed E-state index contributed by atoms with van der Waals surface area (Å²) in [5.41, 5.74) is 9.31. The molecular formula is C43H36N2S2. The van der Waals surface area contributed by atoms with E-state index in [2.05, 4.69) is 164 Å². The van der Waals surface area contributed by atoms with Crippen molar-refractivity contribution in [2.45, 2.75) is 37.6 Å². The lowest BCUT2D eigenvalue weighted by molar-refractivity contribution is 0.423. The van der Waals surface area contributed by atoms with Gasteiger partial charge < -0.3 is 9.47 Å². The topological polar surface area (TPSA) is 8.17 Å². The van der Waals surface area contributed by atoms with Gasteiger partial charge in [-0.15, -0.1) is 30.5 Å². The summed E-state index contributed by atoms with van der Waals surface area (Å²) in [4.78, 5) is 3.35. The van der Waals surface area contributed by atoms with Crippen molar-refractivity contribution < 1.29 is 0 Å². The average Bonchev–Trinajstić information content (AvgIpc) is 3.63. The minimum absolute atomic E-state index is 0.0401. The predicted molar refractivity (Wildman–Crippen MR) is 209 cm³/mol. The minimum atomic E-state index is -0.0401. The summed E-state index contributed by atoms with van der Waals surface area (Å²) in [6.07, 6.45) is 2.71. The summed E-state index contributed by atoms with van der Waals surface area (Å²) in [5.74, 6) is 0. The second kappa shape index (κ2) is 11.5. The van der Waals surface area contributed by atoms with Crippen molar-refractivity contribution in [3.63, 3.8) is 0 Å². The van der Waals surface area contributed by atoms with Crippen LogP contribution in [0.5, 0.6) is 0 Å². The molecule has 0 bridgehead atoms. The van der Waals surface area contributed by atoms with Crippen LogP contribution < -0.4 is 4.90 Å². The van der Waals surface area contributed by atoms with Gasteiger partial charge >= 0.3 is 0 Å². The summed E-state index contributed by atoms with van der Waals surface area (Å²) in [6.45, 7) is 10.8. The Morgan fingerprint density at radius 2 is 1.36 bits per heavy atom. The average molecular weight is 645 g/mol. The fourth-order valence-electron chi connectivity index (χ4n) is 7.09. The third kappa shape index (κ3) is 4.95. The Balaban J connectivity index is 1.35. The number of allylic oxidation sites excluding steroid dienone is 1. The fraction of sp³-hybridized carbons (Fsp3) is 0.116. The van der Waals surface area contributed by atoms with Crippen molar-refractivity contribution in [3.8, 4) is 11.1 Å². The highest BCUT2D eigenvalue weighted by Gasteiger charge is 2.23. The van der Waals surface area contributed by atoms with Crippen LogP contribution in [-0.2, 0) is 12.0 Å². The number of aromatic nitrogens is 1. The van der Waals surface area contributed by atoms with E-state index in [0.29, 0.717) is 0 Å². The van der Waals surface area contributed by atoms with Crippen LogP contribution in [-0.4, -0.2) is 4.57 Å². The molecule has 0 saturated carbocycles. The van der Waals surface area contributed by atoms with Crippen LogP contribution in [0.3, 0.4) is 0 Å². The fourth-order valence-corrected chi connectivity index (χ4v) is 8.64. The molecule has 2 aromatic heterocycles. The Hall–Kier alpha value is -4.77. The molecule has 0 amide bonds. The summed E-state index contributed by atoms with van der Waals surface area (Å²) < 4.78 is 5.02. The Morgan fingerprint density at radius 3 is 2.19 bits per heavy atom. The molecule has 6 aromatic carbocycles. The zero-order valence-corrected chi connectivity index (χ0v) is 28.6. The predicted octanol–water partition coefficient (Wildman–Crippen LogP) is 13.1. The quantitative estimate of drug-likeness (QED) is 0.140. The molecule has 0 aliphatic rings. The number of para-hydroxylation sites is 1. The first-order valence-corrected chi connectivity index (χ1v) is 17.4. The number of hydrogen-bond acceptors (Lipinski definition) is 3. The molecular weight excluding hydrogens is 609 g/mol.